The van der Waals surface area contributed by atoms with Crippen LogP contribution in [-0.4, -0.2) is 16.0 Å². The summed E-state index contributed by atoms with van der Waals surface area (Å²) in [5.74, 6) is 0. The fraction of sp³-hybridized carbons (Fsp3) is 0.167. The number of rotatable bonds is 7. The first kappa shape index (κ1) is 29.0. The van der Waals surface area contributed by atoms with Gasteiger partial charge in [-0.15, -0.1) is 11.3 Å². The molecule has 0 spiro atoms. The van der Waals surface area contributed by atoms with Crippen LogP contribution in [0.15, 0.2) is 101 Å². The van der Waals surface area contributed by atoms with Crippen molar-refractivity contribution in [3.63, 3.8) is 0 Å². The van der Waals surface area contributed by atoms with Gasteiger partial charge in [-0.3, -0.25) is 9.36 Å². The van der Waals surface area contributed by atoms with E-state index in [1.54, 1.807) is 23.1 Å². The van der Waals surface area contributed by atoms with Crippen molar-refractivity contribution in [2.24, 2.45) is 0 Å². The van der Waals surface area contributed by atoms with E-state index in [1.807, 2.05) is 33.3 Å². The molecule has 4 nitrogen and oxygen atoms in total. The van der Waals surface area contributed by atoms with Gasteiger partial charge in [-0.1, -0.05) is 113 Å². The highest BCUT2D eigenvalue weighted by Gasteiger charge is 2.29. The second-order valence-corrected chi connectivity index (χ2v) is 14.5. The predicted molar refractivity (Wildman–Crippen MR) is 192 cm³/mol. The van der Waals surface area contributed by atoms with Gasteiger partial charge in [0.1, 0.15) is 15.9 Å². The molecule has 0 N–H and O–H groups in total. The van der Waals surface area contributed by atoms with Crippen LogP contribution in [0.25, 0.3) is 42.4 Å². The average Bonchev–Trinajstić information content (AvgIpc) is 3.79. The van der Waals surface area contributed by atoms with E-state index in [2.05, 4.69) is 127 Å². The molecule has 44 heavy (non-hydrogen) atoms. The van der Waals surface area contributed by atoms with Crippen LogP contribution in [-0.2, 0) is 13.1 Å². The molecule has 0 atom stereocenters. The van der Waals surface area contributed by atoms with Gasteiger partial charge in [0, 0.05) is 28.1 Å². The fourth-order valence-electron chi connectivity index (χ4n) is 5.71. The van der Waals surface area contributed by atoms with E-state index in [4.69, 9.17) is 0 Å². The SMILES string of the molecule is CCN1C(=CC=c2sc(=Cc3sc4c5ccccc5sc4[n+]3CC)n(CC)c2=O)SC(c2ccccc2)=C1c1ccccc1. The maximum atomic E-state index is 13.7. The Hall–Kier alpha value is -3.69. The second-order valence-electron chi connectivity index (χ2n) is 10.3. The van der Waals surface area contributed by atoms with Crippen LogP contribution in [0.4, 0.5) is 0 Å². The Bertz CT molecular complexity index is 2230. The highest BCUT2D eigenvalue weighted by atomic mass is 32.2. The number of hydrogen-bond donors (Lipinski definition) is 0. The third kappa shape index (κ3) is 5.09. The lowest BCUT2D eigenvalue weighted by molar-refractivity contribution is -0.663. The van der Waals surface area contributed by atoms with Crippen LogP contribution >= 0.6 is 45.8 Å². The van der Waals surface area contributed by atoms with Crippen molar-refractivity contribution in [2.75, 3.05) is 6.54 Å². The molecule has 0 amide bonds. The van der Waals surface area contributed by atoms with Crippen LogP contribution in [0.1, 0.15) is 36.9 Å². The first-order chi connectivity index (χ1) is 21.6. The summed E-state index contributed by atoms with van der Waals surface area (Å²) in [7, 11) is 0. The minimum Gasteiger partial charge on any atom is -0.335 e. The van der Waals surface area contributed by atoms with Gasteiger partial charge in [0.05, 0.1) is 21.3 Å². The first-order valence-corrected chi connectivity index (χ1v) is 18.2. The Balaban J connectivity index is 1.32. The van der Waals surface area contributed by atoms with Crippen LogP contribution in [0.3, 0.4) is 0 Å². The number of thiophene rings is 1. The summed E-state index contributed by atoms with van der Waals surface area (Å²) in [6, 6.07) is 29.8. The van der Waals surface area contributed by atoms with E-state index in [0.717, 1.165) is 27.3 Å². The Morgan fingerprint density at radius 2 is 1.48 bits per heavy atom. The summed E-state index contributed by atoms with van der Waals surface area (Å²) in [5, 5.41) is 3.62. The van der Waals surface area contributed by atoms with Crippen LogP contribution < -0.4 is 19.3 Å². The van der Waals surface area contributed by atoms with Crippen molar-refractivity contribution >= 4 is 88.1 Å². The number of aryl methyl sites for hydroxylation is 1. The van der Waals surface area contributed by atoms with E-state index in [0.29, 0.717) is 6.54 Å². The molecule has 7 rings (SSSR count). The van der Waals surface area contributed by atoms with Gasteiger partial charge < -0.3 is 4.90 Å². The lowest BCUT2D eigenvalue weighted by Crippen LogP contribution is -2.34. The minimum atomic E-state index is 0.0676. The number of thiazole rings is 2. The summed E-state index contributed by atoms with van der Waals surface area (Å²) >= 11 is 7.02. The number of fused-ring (bicyclic) bond motifs is 3. The fourth-order valence-corrected chi connectivity index (χ4v) is 10.8. The summed E-state index contributed by atoms with van der Waals surface area (Å²) in [5.41, 5.74) is 3.67. The van der Waals surface area contributed by atoms with Gasteiger partial charge >= 0.3 is 0 Å². The predicted octanol–water partition coefficient (Wildman–Crippen LogP) is 7.71. The molecule has 0 unspecified atom stereocenters. The number of thioether (sulfide) groups is 1. The van der Waals surface area contributed by atoms with Gasteiger partial charge in [-0.05, 0) is 50.1 Å². The molecule has 0 bridgehead atoms. The van der Waals surface area contributed by atoms with Crippen molar-refractivity contribution in [1.82, 2.24) is 9.47 Å². The Morgan fingerprint density at radius 3 is 2.18 bits per heavy atom. The van der Waals surface area contributed by atoms with Crippen molar-refractivity contribution in [1.29, 1.82) is 0 Å². The number of allylic oxidation sites excluding steroid dienone is 1. The van der Waals surface area contributed by atoms with Gasteiger partial charge in [0.15, 0.2) is 0 Å². The second kappa shape index (κ2) is 12.4. The molecular formula is C36H32N3OS4+. The van der Waals surface area contributed by atoms with Gasteiger partial charge in [-0.25, -0.2) is 0 Å². The molecule has 1 aliphatic rings. The summed E-state index contributed by atoms with van der Waals surface area (Å²) in [6.45, 7) is 8.78. The van der Waals surface area contributed by atoms with Crippen molar-refractivity contribution in [2.45, 2.75) is 33.9 Å². The Labute approximate surface area is 272 Å². The molecule has 8 heteroatoms. The van der Waals surface area contributed by atoms with Crippen LogP contribution in [0.2, 0.25) is 0 Å². The number of hydrogen-bond acceptors (Lipinski definition) is 6. The maximum Gasteiger partial charge on any atom is 0.281 e. The van der Waals surface area contributed by atoms with E-state index in [1.165, 1.54) is 46.4 Å². The number of nitrogens with zero attached hydrogens (tertiary/aromatic N) is 3. The number of benzene rings is 3. The zero-order chi connectivity index (χ0) is 30.2. The molecule has 6 aromatic rings. The van der Waals surface area contributed by atoms with E-state index >= 15 is 0 Å². The average molecular weight is 651 g/mol. The lowest BCUT2D eigenvalue weighted by atomic mass is 10.1. The molecule has 220 valence electrons. The summed E-state index contributed by atoms with van der Waals surface area (Å²) in [6.07, 6.45) is 6.36. The standard InChI is InChI=1S/C36H32N3OS4/c1-4-37-29(43-33(25-17-11-8-12-18-25)32(37)24-15-9-7-10-16-24)22-21-28-35(40)38(5-2)30(41-28)23-31-39(6-3)36-34(44-31)26-19-13-14-20-27(26)42-36/h7-23H,4-6H2,1-3H3/q+1. The summed E-state index contributed by atoms with van der Waals surface area (Å²) < 4.78 is 8.68. The third-order valence-electron chi connectivity index (χ3n) is 7.80. The van der Waals surface area contributed by atoms with Crippen molar-refractivity contribution < 1.29 is 4.57 Å². The van der Waals surface area contributed by atoms with E-state index in [-0.39, 0.29) is 5.56 Å². The topological polar surface area (TPSA) is 29.1 Å². The third-order valence-corrected chi connectivity index (χ3v) is 12.6. The summed E-state index contributed by atoms with van der Waals surface area (Å²) in [4.78, 5) is 18.6. The highest BCUT2D eigenvalue weighted by molar-refractivity contribution is 8.12. The van der Waals surface area contributed by atoms with Crippen LogP contribution in [0.5, 0.6) is 0 Å². The van der Waals surface area contributed by atoms with Crippen molar-refractivity contribution in [3.05, 3.63) is 132 Å². The molecule has 0 saturated carbocycles. The zero-order valence-corrected chi connectivity index (χ0v) is 28.1. The molecule has 0 saturated heterocycles. The molecule has 0 aliphatic carbocycles. The monoisotopic (exact) mass is 650 g/mol. The molecule has 0 radical (unpaired) electrons. The lowest BCUT2D eigenvalue weighted by Gasteiger charge is -2.21. The largest absolute Gasteiger partial charge is 0.335 e. The first-order valence-electron chi connectivity index (χ1n) is 14.9. The molecule has 3 aromatic carbocycles. The molecule has 3 aromatic heterocycles. The molecule has 0 fully saturated rings. The molecular weight excluding hydrogens is 619 g/mol. The molecule has 1 aliphatic heterocycles. The molecule has 4 heterocycles. The normalized spacial score (nSPS) is 15.6. The highest BCUT2D eigenvalue weighted by Crippen LogP contribution is 2.50. The van der Waals surface area contributed by atoms with E-state index < -0.39 is 0 Å². The Morgan fingerprint density at radius 1 is 0.773 bits per heavy atom. The smallest absolute Gasteiger partial charge is 0.281 e. The van der Waals surface area contributed by atoms with Crippen molar-refractivity contribution in [3.8, 4) is 0 Å². The van der Waals surface area contributed by atoms with Gasteiger partial charge in [0.25, 0.3) is 15.4 Å². The minimum absolute atomic E-state index is 0.0676. The maximum absolute atomic E-state index is 13.7. The van der Waals surface area contributed by atoms with E-state index in [9.17, 15) is 4.79 Å². The van der Waals surface area contributed by atoms with Gasteiger partial charge in [0.2, 0.25) is 0 Å². The Kier molecular flexibility index (Phi) is 8.16. The van der Waals surface area contributed by atoms with Crippen LogP contribution in [0, 0.1) is 0 Å². The van der Waals surface area contributed by atoms with Gasteiger partial charge in [-0.2, -0.15) is 4.57 Å². The quantitative estimate of drug-likeness (QED) is 0.166. The zero-order valence-electron chi connectivity index (χ0n) is 24.8. The number of aromatic nitrogens is 2.